The van der Waals surface area contributed by atoms with E-state index in [4.69, 9.17) is 15.2 Å². The number of carbonyl (C=O) groups excluding carboxylic acids is 2. The molecule has 0 aliphatic carbocycles. The smallest absolute Gasteiger partial charge is 0.335 e. The molecule has 0 saturated carbocycles. The number of nitrogens with two attached hydrogens (primary N) is 1. The zero-order valence-corrected chi connectivity index (χ0v) is 21.6. The molecule has 38 heavy (non-hydrogen) atoms. The van der Waals surface area contributed by atoms with E-state index >= 15 is 0 Å². The van der Waals surface area contributed by atoms with Gasteiger partial charge in [-0.05, 0) is 74.4 Å². The number of aromatic carboxylic acids is 1. The van der Waals surface area contributed by atoms with Crippen LogP contribution in [-0.2, 0) is 0 Å². The highest BCUT2D eigenvalue weighted by Crippen LogP contribution is 2.31. The quantitative estimate of drug-likeness (QED) is 0.184. The average Bonchev–Trinajstić information content (AvgIpc) is 2.85. The Balaban J connectivity index is 1.88. The summed E-state index contributed by atoms with van der Waals surface area (Å²) >= 11 is 0. The number of benzene rings is 3. The summed E-state index contributed by atoms with van der Waals surface area (Å²) in [6.45, 7) is 7.83. The number of nitrogen functional groups attached to an aromatic ring is 1. The topological polar surface area (TPSA) is 160 Å². The van der Waals surface area contributed by atoms with Crippen molar-refractivity contribution in [3.63, 3.8) is 0 Å². The number of aromatic hydroxyl groups is 1. The minimum Gasteiger partial charge on any atom is -0.506 e. The van der Waals surface area contributed by atoms with E-state index in [1.165, 1.54) is 48.5 Å². The van der Waals surface area contributed by atoms with Crippen LogP contribution in [0, 0.1) is 5.92 Å². The molecule has 0 radical (unpaired) electrons. The van der Waals surface area contributed by atoms with Gasteiger partial charge in [-0.25, -0.2) is 4.79 Å². The molecule has 3 rings (SSSR count). The number of hydrogen-bond donors (Lipinski definition) is 5. The number of nitrogens with one attached hydrogen (secondary N) is 2. The average molecular weight is 522 g/mol. The van der Waals surface area contributed by atoms with Crippen molar-refractivity contribution in [2.75, 3.05) is 23.0 Å². The van der Waals surface area contributed by atoms with Gasteiger partial charge in [0, 0.05) is 11.1 Å². The number of carbonyl (C=O) groups is 3. The number of phenols is 1. The number of amides is 2. The van der Waals surface area contributed by atoms with Crippen LogP contribution in [0.2, 0.25) is 0 Å². The highest BCUT2D eigenvalue weighted by molar-refractivity contribution is 6.08. The van der Waals surface area contributed by atoms with Crippen molar-refractivity contribution in [3.8, 4) is 17.2 Å². The maximum atomic E-state index is 13.1. The van der Waals surface area contributed by atoms with Gasteiger partial charge in [-0.15, -0.1) is 0 Å². The first-order valence-corrected chi connectivity index (χ1v) is 12.0. The monoisotopic (exact) mass is 521 g/mol. The molecule has 0 saturated heterocycles. The van der Waals surface area contributed by atoms with Crippen LogP contribution in [0.3, 0.4) is 0 Å². The van der Waals surface area contributed by atoms with E-state index in [-0.39, 0.29) is 51.6 Å². The third kappa shape index (κ3) is 7.16. The van der Waals surface area contributed by atoms with Gasteiger partial charge >= 0.3 is 5.97 Å². The maximum absolute atomic E-state index is 13.1. The first-order valence-electron chi connectivity index (χ1n) is 12.0. The molecule has 0 aliphatic heterocycles. The molecule has 0 heterocycles. The van der Waals surface area contributed by atoms with Gasteiger partial charge in [0.15, 0.2) is 0 Å². The van der Waals surface area contributed by atoms with Gasteiger partial charge in [-0.1, -0.05) is 13.8 Å². The predicted molar refractivity (Wildman–Crippen MR) is 144 cm³/mol. The number of ether oxygens (including phenoxy) is 2. The van der Waals surface area contributed by atoms with E-state index in [2.05, 4.69) is 10.6 Å². The highest BCUT2D eigenvalue weighted by atomic mass is 16.5. The lowest BCUT2D eigenvalue weighted by atomic mass is 10.1. The zero-order chi connectivity index (χ0) is 28.0. The first-order chi connectivity index (χ1) is 17.9. The van der Waals surface area contributed by atoms with Gasteiger partial charge in [0.05, 0.1) is 35.3 Å². The molecule has 10 heteroatoms. The Hall–Kier alpha value is -4.73. The van der Waals surface area contributed by atoms with Crippen LogP contribution in [0.15, 0.2) is 54.6 Å². The van der Waals surface area contributed by atoms with Crippen LogP contribution in [0.5, 0.6) is 17.2 Å². The standard InChI is InChI=1S/C28H31N3O7/c1-15(2)14-37-24-12-18(6-9-21(24)30-26(33)17-5-8-20(29)23(32)11-17)27(34)31-22-10-7-19(28(35)36)13-25(22)38-16(3)4/h5-13,15-16,32H,14,29H2,1-4H3,(H,30,33)(H,31,34)(H,35,36). The fraction of sp³-hybridized carbons (Fsp3) is 0.250. The van der Waals surface area contributed by atoms with E-state index < -0.39 is 17.8 Å². The van der Waals surface area contributed by atoms with Gasteiger partial charge < -0.3 is 36.1 Å². The molecule has 3 aromatic rings. The summed E-state index contributed by atoms with van der Waals surface area (Å²) in [5.74, 6) is -1.64. The Kier molecular flexibility index (Phi) is 8.80. The van der Waals surface area contributed by atoms with Crippen molar-refractivity contribution in [1.82, 2.24) is 0 Å². The van der Waals surface area contributed by atoms with Gasteiger partial charge in [0.25, 0.3) is 11.8 Å². The van der Waals surface area contributed by atoms with Crippen molar-refractivity contribution in [2.24, 2.45) is 5.92 Å². The Morgan fingerprint density at radius 3 is 1.89 bits per heavy atom. The van der Waals surface area contributed by atoms with Crippen molar-refractivity contribution in [3.05, 3.63) is 71.3 Å². The molecule has 0 atom stereocenters. The molecule has 3 aromatic carbocycles. The van der Waals surface area contributed by atoms with Gasteiger partial charge in [-0.2, -0.15) is 0 Å². The third-order valence-electron chi connectivity index (χ3n) is 5.20. The van der Waals surface area contributed by atoms with Crippen LogP contribution in [0.4, 0.5) is 17.1 Å². The largest absolute Gasteiger partial charge is 0.506 e. The van der Waals surface area contributed by atoms with Gasteiger partial charge in [0.2, 0.25) is 0 Å². The predicted octanol–water partition coefficient (Wildman–Crippen LogP) is 5.00. The van der Waals surface area contributed by atoms with Crippen LogP contribution in [0.1, 0.15) is 58.8 Å². The van der Waals surface area contributed by atoms with Crippen LogP contribution in [0.25, 0.3) is 0 Å². The summed E-state index contributed by atoms with van der Waals surface area (Å²) < 4.78 is 11.6. The number of carboxylic acid groups (broad SMARTS) is 1. The second-order valence-corrected chi connectivity index (χ2v) is 9.28. The van der Waals surface area contributed by atoms with Crippen molar-refractivity contribution in [2.45, 2.75) is 33.8 Å². The number of carboxylic acids is 1. The molecule has 0 aromatic heterocycles. The molecule has 10 nitrogen and oxygen atoms in total. The molecule has 0 bridgehead atoms. The summed E-state index contributed by atoms with van der Waals surface area (Å²) in [6.07, 6.45) is -0.253. The van der Waals surface area contributed by atoms with Gasteiger partial charge in [0.1, 0.15) is 17.2 Å². The third-order valence-corrected chi connectivity index (χ3v) is 5.20. The molecule has 0 fully saturated rings. The van der Waals surface area contributed by atoms with Gasteiger partial charge in [-0.3, -0.25) is 9.59 Å². The van der Waals surface area contributed by atoms with E-state index in [9.17, 15) is 24.6 Å². The molecule has 6 N–H and O–H groups in total. The molecule has 0 spiro atoms. The second-order valence-electron chi connectivity index (χ2n) is 9.28. The number of hydrogen-bond acceptors (Lipinski definition) is 7. The lowest BCUT2D eigenvalue weighted by Gasteiger charge is -2.17. The second kappa shape index (κ2) is 12.0. The van der Waals surface area contributed by atoms with E-state index in [1.807, 2.05) is 13.8 Å². The molecule has 2 amide bonds. The lowest BCUT2D eigenvalue weighted by molar-refractivity contribution is 0.0695. The Bertz CT molecular complexity index is 1350. The number of rotatable bonds is 10. The summed E-state index contributed by atoms with van der Waals surface area (Å²) in [5.41, 5.74) is 6.86. The summed E-state index contributed by atoms with van der Waals surface area (Å²) in [7, 11) is 0. The fourth-order valence-corrected chi connectivity index (χ4v) is 3.33. The van der Waals surface area contributed by atoms with E-state index in [0.717, 1.165) is 0 Å². The number of anilines is 3. The zero-order valence-electron chi connectivity index (χ0n) is 21.6. The van der Waals surface area contributed by atoms with Crippen molar-refractivity contribution >= 4 is 34.8 Å². The Morgan fingerprint density at radius 2 is 1.34 bits per heavy atom. The lowest BCUT2D eigenvalue weighted by Crippen LogP contribution is -2.17. The summed E-state index contributed by atoms with van der Waals surface area (Å²) in [5, 5.41) is 24.6. The SMILES string of the molecule is CC(C)COc1cc(C(=O)Nc2ccc(C(=O)O)cc2OC(C)C)ccc1NC(=O)c1ccc(N)c(O)c1. The first kappa shape index (κ1) is 27.9. The van der Waals surface area contributed by atoms with Crippen LogP contribution < -0.4 is 25.8 Å². The van der Waals surface area contributed by atoms with Crippen LogP contribution >= 0.6 is 0 Å². The Labute approximate surface area is 220 Å². The molecule has 0 aliphatic rings. The normalized spacial score (nSPS) is 10.8. The minimum atomic E-state index is -1.12. The minimum absolute atomic E-state index is 0.0255. The molecular weight excluding hydrogens is 490 g/mol. The molecular formula is C28H31N3O7. The van der Waals surface area contributed by atoms with Crippen molar-refractivity contribution < 1.29 is 34.1 Å². The molecule has 200 valence electrons. The van der Waals surface area contributed by atoms with E-state index in [0.29, 0.717) is 18.0 Å². The van der Waals surface area contributed by atoms with Crippen molar-refractivity contribution in [1.29, 1.82) is 0 Å². The highest BCUT2D eigenvalue weighted by Gasteiger charge is 2.18. The Morgan fingerprint density at radius 1 is 0.816 bits per heavy atom. The molecule has 0 unspecified atom stereocenters. The van der Waals surface area contributed by atoms with Crippen LogP contribution in [-0.4, -0.2) is 40.7 Å². The maximum Gasteiger partial charge on any atom is 0.335 e. The summed E-state index contributed by atoms with van der Waals surface area (Å²) in [6, 6.07) is 12.9. The van der Waals surface area contributed by atoms with E-state index in [1.54, 1.807) is 19.9 Å². The summed E-state index contributed by atoms with van der Waals surface area (Å²) in [4.78, 5) is 37.3. The fourth-order valence-electron chi connectivity index (χ4n) is 3.33. The number of phenolic OH excluding ortho intramolecular Hbond substituents is 1.